The number of nitrogens with two attached hydrogens (primary N) is 1. The Morgan fingerprint density at radius 3 is 2.41 bits per heavy atom. The molecule has 0 saturated heterocycles. The molecule has 17 heavy (non-hydrogen) atoms. The standard InChI is InChI=1S/C13H21N3O/c1-10-7-11(8-14)5-6-12(10)16(4)9-13(17)15(2)3/h5-7H,8-9,14H2,1-4H3. The molecule has 0 aliphatic carbocycles. The zero-order valence-electron chi connectivity index (χ0n) is 11.0. The first-order valence-electron chi connectivity index (χ1n) is 5.66. The number of carbonyl (C=O) groups excluding carboxylic acids is 1. The van der Waals surface area contributed by atoms with E-state index >= 15 is 0 Å². The van der Waals surface area contributed by atoms with Gasteiger partial charge in [-0.15, -0.1) is 0 Å². The summed E-state index contributed by atoms with van der Waals surface area (Å²) in [6, 6.07) is 6.07. The molecule has 4 heteroatoms. The highest BCUT2D eigenvalue weighted by Gasteiger charge is 2.10. The Balaban J connectivity index is 2.82. The van der Waals surface area contributed by atoms with Gasteiger partial charge >= 0.3 is 0 Å². The van der Waals surface area contributed by atoms with Crippen LogP contribution in [0.5, 0.6) is 0 Å². The second-order valence-corrected chi connectivity index (χ2v) is 4.47. The molecule has 0 unspecified atom stereocenters. The maximum absolute atomic E-state index is 11.6. The average molecular weight is 235 g/mol. The third-order valence-electron chi connectivity index (χ3n) is 2.78. The predicted molar refractivity (Wildman–Crippen MR) is 71.0 cm³/mol. The van der Waals surface area contributed by atoms with Crippen molar-refractivity contribution in [3.63, 3.8) is 0 Å². The van der Waals surface area contributed by atoms with Crippen LogP contribution in [-0.2, 0) is 11.3 Å². The molecule has 0 fully saturated rings. The summed E-state index contributed by atoms with van der Waals surface area (Å²) in [5.41, 5.74) is 8.91. The highest BCUT2D eigenvalue weighted by molar-refractivity contribution is 5.81. The minimum absolute atomic E-state index is 0.0924. The Labute approximate surface area is 103 Å². The van der Waals surface area contributed by atoms with Crippen LogP contribution in [0.4, 0.5) is 5.69 Å². The molecule has 4 nitrogen and oxygen atoms in total. The van der Waals surface area contributed by atoms with Crippen LogP contribution in [0.25, 0.3) is 0 Å². The first-order valence-corrected chi connectivity index (χ1v) is 5.66. The molecule has 1 rings (SSSR count). The second-order valence-electron chi connectivity index (χ2n) is 4.47. The number of likely N-dealkylation sites (N-methyl/N-ethyl adjacent to an activating group) is 2. The fraction of sp³-hybridized carbons (Fsp3) is 0.462. The van der Waals surface area contributed by atoms with Gasteiger partial charge in [0.05, 0.1) is 6.54 Å². The van der Waals surface area contributed by atoms with Crippen molar-refractivity contribution >= 4 is 11.6 Å². The molecule has 0 aliphatic rings. The highest BCUT2D eigenvalue weighted by Crippen LogP contribution is 2.19. The molecule has 1 aromatic carbocycles. The topological polar surface area (TPSA) is 49.6 Å². The number of nitrogens with zero attached hydrogens (tertiary/aromatic N) is 2. The van der Waals surface area contributed by atoms with E-state index in [4.69, 9.17) is 5.73 Å². The van der Waals surface area contributed by atoms with Crippen molar-refractivity contribution in [3.8, 4) is 0 Å². The number of benzene rings is 1. The van der Waals surface area contributed by atoms with E-state index in [0.717, 1.165) is 16.8 Å². The third kappa shape index (κ3) is 3.46. The van der Waals surface area contributed by atoms with Gasteiger partial charge in [0.25, 0.3) is 0 Å². The van der Waals surface area contributed by atoms with Crippen LogP contribution in [-0.4, -0.2) is 38.5 Å². The van der Waals surface area contributed by atoms with Crippen LogP contribution in [0.3, 0.4) is 0 Å². The molecular weight excluding hydrogens is 214 g/mol. The van der Waals surface area contributed by atoms with Gasteiger partial charge in [0.15, 0.2) is 0 Å². The van der Waals surface area contributed by atoms with E-state index in [1.807, 2.05) is 31.0 Å². The summed E-state index contributed by atoms with van der Waals surface area (Å²) >= 11 is 0. The van der Waals surface area contributed by atoms with Gasteiger partial charge in [-0.25, -0.2) is 0 Å². The maximum atomic E-state index is 11.6. The zero-order chi connectivity index (χ0) is 13.0. The van der Waals surface area contributed by atoms with Crippen LogP contribution < -0.4 is 10.6 Å². The molecule has 0 spiro atoms. The number of rotatable bonds is 4. The Morgan fingerprint density at radius 1 is 1.29 bits per heavy atom. The van der Waals surface area contributed by atoms with E-state index in [2.05, 4.69) is 6.07 Å². The van der Waals surface area contributed by atoms with Gasteiger partial charge in [-0.05, 0) is 24.1 Å². The summed E-state index contributed by atoms with van der Waals surface area (Å²) in [5, 5.41) is 0. The zero-order valence-corrected chi connectivity index (χ0v) is 11.0. The summed E-state index contributed by atoms with van der Waals surface area (Å²) < 4.78 is 0. The number of hydrogen-bond acceptors (Lipinski definition) is 3. The van der Waals surface area contributed by atoms with Gasteiger partial charge in [-0.2, -0.15) is 0 Å². The number of carbonyl (C=O) groups is 1. The SMILES string of the molecule is Cc1cc(CN)ccc1N(C)CC(=O)N(C)C. The number of hydrogen-bond donors (Lipinski definition) is 1. The highest BCUT2D eigenvalue weighted by atomic mass is 16.2. The van der Waals surface area contributed by atoms with Gasteiger partial charge in [-0.1, -0.05) is 12.1 Å². The van der Waals surface area contributed by atoms with E-state index in [1.54, 1.807) is 19.0 Å². The average Bonchev–Trinajstić information content (AvgIpc) is 2.28. The molecule has 1 aromatic rings. The van der Waals surface area contributed by atoms with Crippen LogP contribution >= 0.6 is 0 Å². The molecular formula is C13H21N3O. The molecule has 2 N–H and O–H groups in total. The lowest BCUT2D eigenvalue weighted by Gasteiger charge is -2.23. The third-order valence-corrected chi connectivity index (χ3v) is 2.78. The van der Waals surface area contributed by atoms with Gasteiger partial charge in [-0.3, -0.25) is 4.79 Å². The molecule has 0 aromatic heterocycles. The smallest absolute Gasteiger partial charge is 0.241 e. The monoisotopic (exact) mass is 235 g/mol. The van der Waals surface area contributed by atoms with Crippen molar-refractivity contribution in [1.82, 2.24) is 4.90 Å². The van der Waals surface area contributed by atoms with Gasteiger partial charge in [0.2, 0.25) is 5.91 Å². The molecule has 0 bridgehead atoms. The van der Waals surface area contributed by atoms with E-state index in [0.29, 0.717) is 13.1 Å². The van der Waals surface area contributed by atoms with E-state index in [1.165, 1.54) is 0 Å². The Kier molecular flexibility index (Phi) is 4.52. The van der Waals surface area contributed by atoms with Crippen molar-refractivity contribution < 1.29 is 4.79 Å². The van der Waals surface area contributed by atoms with Gasteiger partial charge in [0, 0.05) is 33.4 Å². The van der Waals surface area contributed by atoms with Crippen molar-refractivity contribution in [1.29, 1.82) is 0 Å². The lowest BCUT2D eigenvalue weighted by molar-refractivity contribution is -0.127. The summed E-state index contributed by atoms with van der Waals surface area (Å²) in [7, 11) is 5.45. The van der Waals surface area contributed by atoms with Crippen LogP contribution in [0.2, 0.25) is 0 Å². The number of amides is 1. The summed E-state index contributed by atoms with van der Waals surface area (Å²) in [6.45, 7) is 2.96. The fourth-order valence-electron chi connectivity index (χ4n) is 1.70. The Hall–Kier alpha value is -1.55. The maximum Gasteiger partial charge on any atom is 0.241 e. The van der Waals surface area contributed by atoms with Crippen molar-refractivity contribution in [2.24, 2.45) is 5.73 Å². The molecule has 0 radical (unpaired) electrons. The molecule has 0 aliphatic heterocycles. The Morgan fingerprint density at radius 2 is 1.94 bits per heavy atom. The van der Waals surface area contributed by atoms with Crippen molar-refractivity contribution in [2.45, 2.75) is 13.5 Å². The minimum Gasteiger partial charge on any atom is -0.365 e. The normalized spacial score (nSPS) is 10.2. The molecule has 0 saturated carbocycles. The van der Waals surface area contributed by atoms with Crippen LogP contribution in [0.1, 0.15) is 11.1 Å². The van der Waals surface area contributed by atoms with Gasteiger partial charge in [0.1, 0.15) is 0 Å². The quantitative estimate of drug-likeness (QED) is 0.846. The molecule has 0 atom stereocenters. The lowest BCUT2D eigenvalue weighted by atomic mass is 10.1. The van der Waals surface area contributed by atoms with E-state index < -0.39 is 0 Å². The van der Waals surface area contributed by atoms with Crippen molar-refractivity contribution in [2.75, 3.05) is 32.6 Å². The lowest BCUT2D eigenvalue weighted by Crippen LogP contribution is -2.34. The second kappa shape index (κ2) is 5.68. The van der Waals surface area contributed by atoms with Crippen LogP contribution in [0.15, 0.2) is 18.2 Å². The molecule has 0 heterocycles. The Bertz CT molecular complexity index is 402. The largest absolute Gasteiger partial charge is 0.365 e. The summed E-state index contributed by atoms with van der Waals surface area (Å²) in [5.74, 6) is 0.0924. The van der Waals surface area contributed by atoms with E-state index in [-0.39, 0.29) is 5.91 Å². The molecule has 94 valence electrons. The van der Waals surface area contributed by atoms with Crippen molar-refractivity contribution in [3.05, 3.63) is 29.3 Å². The summed E-state index contributed by atoms with van der Waals surface area (Å²) in [6.07, 6.45) is 0. The minimum atomic E-state index is 0.0924. The van der Waals surface area contributed by atoms with E-state index in [9.17, 15) is 4.79 Å². The van der Waals surface area contributed by atoms with Gasteiger partial charge < -0.3 is 15.5 Å². The number of anilines is 1. The first-order chi connectivity index (χ1) is 7.95. The fourth-order valence-corrected chi connectivity index (χ4v) is 1.70. The summed E-state index contributed by atoms with van der Waals surface area (Å²) in [4.78, 5) is 15.2. The van der Waals surface area contributed by atoms with Crippen LogP contribution in [0, 0.1) is 6.92 Å². The first kappa shape index (κ1) is 13.5. The number of aryl methyl sites for hydroxylation is 1. The predicted octanol–water partition coefficient (Wildman–Crippen LogP) is 0.978. The molecule has 1 amide bonds.